The second kappa shape index (κ2) is 5.95. The van der Waals surface area contributed by atoms with E-state index in [1.165, 1.54) is 18.2 Å². The van der Waals surface area contributed by atoms with Crippen molar-refractivity contribution in [1.82, 2.24) is 4.72 Å². The number of nitrogen functional groups attached to an aromatic ring is 1. The first kappa shape index (κ1) is 14.6. The molecule has 0 heterocycles. The molecular formula is C10H15ClN2O2S2. The van der Waals surface area contributed by atoms with Crippen LogP contribution in [0.25, 0.3) is 0 Å². The maximum absolute atomic E-state index is 11.9. The molecule has 1 unspecified atom stereocenters. The molecule has 17 heavy (non-hydrogen) atoms. The lowest BCUT2D eigenvalue weighted by Gasteiger charge is -2.11. The summed E-state index contributed by atoms with van der Waals surface area (Å²) in [5.74, 6) is 0. The lowest BCUT2D eigenvalue weighted by molar-refractivity contribution is 0.581. The van der Waals surface area contributed by atoms with E-state index in [2.05, 4.69) is 4.72 Å². The number of benzene rings is 1. The molecule has 0 aromatic heterocycles. The molecule has 4 nitrogen and oxygen atoms in total. The molecule has 0 aliphatic rings. The van der Waals surface area contributed by atoms with Crippen LogP contribution in [0.2, 0.25) is 5.02 Å². The summed E-state index contributed by atoms with van der Waals surface area (Å²) < 4.78 is 26.3. The molecule has 0 saturated heterocycles. The lowest BCUT2D eigenvalue weighted by atomic mass is 10.3. The van der Waals surface area contributed by atoms with Crippen molar-refractivity contribution in [3.8, 4) is 0 Å². The van der Waals surface area contributed by atoms with Gasteiger partial charge in [-0.25, -0.2) is 13.1 Å². The normalized spacial score (nSPS) is 13.6. The second-order valence-electron chi connectivity index (χ2n) is 3.58. The van der Waals surface area contributed by atoms with Gasteiger partial charge in [0.1, 0.15) is 0 Å². The molecule has 0 amide bonds. The summed E-state index contributed by atoms with van der Waals surface area (Å²) in [5.41, 5.74) is 5.83. The van der Waals surface area contributed by atoms with E-state index in [0.717, 1.165) is 0 Å². The zero-order valence-electron chi connectivity index (χ0n) is 9.60. The quantitative estimate of drug-likeness (QED) is 0.814. The molecule has 1 aromatic rings. The van der Waals surface area contributed by atoms with E-state index in [4.69, 9.17) is 17.3 Å². The Bertz CT molecular complexity index is 491. The zero-order chi connectivity index (χ0) is 13.1. The van der Waals surface area contributed by atoms with Gasteiger partial charge in [-0.05, 0) is 24.5 Å². The van der Waals surface area contributed by atoms with E-state index in [9.17, 15) is 8.42 Å². The SMILES string of the molecule is CSC(C)CNS(=O)(=O)c1ccc(Cl)c(N)c1. The van der Waals surface area contributed by atoms with E-state index < -0.39 is 10.0 Å². The fourth-order valence-electron chi connectivity index (χ4n) is 1.08. The fourth-order valence-corrected chi connectivity index (χ4v) is 2.72. The van der Waals surface area contributed by atoms with E-state index in [1.807, 2.05) is 13.2 Å². The van der Waals surface area contributed by atoms with Gasteiger partial charge in [-0.3, -0.25) is 0 Å². The Kier molecular flexibility index (Phi) is 5.12. The molecule has 3 N–H and O–H groups in total. The van der Waals surface area contributed by atoms with E-state index in [1.54, 1.807) is 11.8 Å². The largest absolute Gasteiger partial charge is 0.397 e. The van der Waals surface area contributed by atoms with Crippen LogP contribution in [0.1, 0.15) is 6.92 Å². The van der Waals surface area contributed by atoms with Crippen molar-refractivity contribution < 1.29 is 8.42 Å². The van der Waals surface area contributed by atoms with Gasteiger partial charge in [0.05, 0.1) is 15.6 Å². The number of nitrogens with two attached hydrogens (primary N) is 1. The molecule has 0 spiro atoms. The summed E-state index contributed by atoms with van der Waals surface area (Å²) in [6.07, 6.45) is 1.93. The van der Waals surface area contributed by atoms with Crippen molar-refractivity contribution in [3.05, 3.63) is 23.2 Å². The summed E-state index contributed by atoms with van der Waals surface area (Å²) in [6.45, 7) is 2.33. The average Bonchev–Trinajstić information content (AvgIpc) is 2.29. The van der Waals surface area contributed by atoms with E-state index in [-0.39, 0.29) is 15.8 Å². The van der Waals surface area contributed by atoms with Crippen LogP contribution in [0, 0.1) is 0 Å². The lowest BCUT2D eigenvalue weighted by Crippen LogP contribution is -2.29. The molecule has 0 bridgehead atoms. The third-order valence-electron chi connectivity index (χ3n) is 2.24. The Morgan fingerprint density at radius 2 is 2.18 bits per heavy atom. The smallest absolute Gasteiger partial charge is 0.240 e. The zero-order valence-corrected chi connectivity index (χ0v) is 12.0. The monoisotopic (exact) mass is 294 g/mol. The summed E-state index contributed by atoms with van der Waals surface area (Å²) in [4.78, 5) is 0.132. The third-order valence-corrected chi connectivity index (χ3v) is 4.98. The van der Waals surface area contributed by atoms with Crippen LogP contribution in [-0.4, -0.2) is 26.5 Å². The predicted octanol–water partition coefficient (Wildman–Crippen LogP) is 1.95. The molecule has 0 aliphatic carbocycles. The van der Waals surface area contributed by atoms with E-state index >= 15 is 0 Å². The molecule has 96 valence electrons. The minimum Gasteiger partial charge on any atom is -0.397 e. The van der Waals surface area contributed by atoms with Gasteiger partial charge in [-0.1, -0.05) is 18.5 Å². The van der Waals surface area contributed by atoms with Crippen LogP contribution in [0.3, 0.4) is 0 Å². The maximum Gasteiger partial charge on any atom is 0.240 e. The van der Waals surface area contributed by atoms with E-state index in [0.29, 0.717) is 11.6 Å². The number of hydrogen-bond donors (Lipinski definition) is 2. The van der Waals surface area contributed by atoms with Crippen LogP contribution < -0.4 is 10.5 Å². The predicted molar refractivity (Wildman–Crippen MR) is 74.0 cm³/mol. The minimum atomic E-state index is -3.51. The van der Waals surface area contributed by atoms with Crippen molar-refractivity contribution >= 4 is 39.1 Å². The van der Waals surface area contributed by atoms with Crippen LogP contribution >= 0.6 is 23.4 Å². The van der Waals surface area contributed by atoms with Gasteiger partial charge < -0.3 is 5.73 Å². The summed E-state index contributed by atoms with van der Waals surface area (Å²) in [6, 6.07) is 4.27. The van der Waals surface area contributed by atoms with Crippen molar-refractivity contribution in [2.75, 3.05) is 18.5 Å². The Hall–Kier alpha value is -0.430. The van der Waals surface area contributed by atoms with Crippen LogP contribution in [0.4, 0.5) is 5.69 Å². The van der Waals surface area contributed by atoms with Gasteiger partial charge in [-0.2, -0.15) is 11.8 Å². The van der Waals surface area contributed by atoms with Gasteiger partial charge >= 0.3 is 0 Å². The van der Waals surface area contributed by atoms with Crippen LogP contribution in [0.15, 0.2) is 23.1 Å². The van der Waals surface area contributed by atoms with Crippen molar-refractivity contribution in [3.63, 3.8) is 0 Å². The third kappa shape index (κ3) is 4.06. The topological polar surface area (TPSA) is 72.2 Å². The highest BCUT2D eigenvalue weighted by molar-refractivity contribution is 7.99. The number of sulfonamides is 1. The number of thioether (sulfide) groups is 1. The summed E-state index contributed by atoms with van der Waals surface area (Å²) in [5, 5.41) is 0.566. The first-order valence-corrected chi connectivity index (χ1v) is 8.09. The molecule has 7 heteroatoms. The fraction of sp³-hybridized carbons (Fsp3) is 0.400. The maximum atomic E-state index is 11.9. The summed E-state index contributed by atoms with van der Waals surface area (Å²) >= 11 is 7.33. The van der Waals surface area contributed by atoms with Gasteiger partial charge in [0.15, 0.2) is 0 Å². The van der Waals surface area contributed by atoms with Crippen molar-refractivity contribution in [2.24, 2.45) is 0 Å². The Balaban J connectivity index is 2.86. The van der Waals surface area contributed by atoms with Crippen molar-refractivity contribution in [1.29, 1.82) is 0 Å². The first-order chi connectivity index (χ1) is 7.86. The average molecular weight is 295 g/mol. The first-order valence-electron chi connectivity index (χ1n) is 4.94. The Labute approximate surface area is 111 Å². The number of anilines is 1. The van der Waals surface area contributed by atoms with Gasteiger partial charge in [0.2, 0.25) is 10.0 Å². The number of nitrogens with one attached hydrogen (secondary N) is 1. The number of halogens is 1. The molecule has 0 fully saturated rings. The highest BCUT2D eigenvalue weighted by atomic mass is 35.5. The standard InChI is InChI=1S/C10H15ClN2O2S2/c1-7(16-2)6-13-17(14,15)8-3-4-9(11)10(12)5-8/h3-5,7,13H,6,12H2,1-2H3. The van der Waals surface area contributed by atoms with Crippen LogP contribution in [0.5, 0.6) is 0 Å². The van der Waals surface area contributed by atoms with Gasteiger partial charge in [0.25, 0.3) is 0 Å². The number of hydrogen-bond acceptors (Lipinski definition) is 4. The Morgan fingerprint density at radius 1 is 1.53 bits per heavy atom. The van der Waals surface area contributed by atoms with Gasteiger partial charge in [0, 0.05) is 11.8 Å². The molecule has 0 saturated carbocycles. The molecule has 1 rings (SSSR count). The molecular weight excluding hydrogens is 280 g/mol. The highest BCUT2D eigenvalue weighted by Crippen LogP contribution is 2.22. The highest BCUT2D eigenvalue weighted by Gasteiger charge is 2.15. The molecule has 1 aromatic carbocycles. The molecule has 0 aliphatic heterocycles. The molecule has 1 atom stereocenters. The Morgan fingerprint density at radius 3 is 2.71 bits per heavy atom. The second-order valence-corrected chi connectivity index (χ2v) is 7.03. The number of rotatable bonds is 5. The minimum absolute atomic E-state index is 0.132. The van der Waals surface area contributed by atoms with Crippen molar-refractivity contribution in [2.45, 2.75) is 17.1 Å². The van der Waals surface area contributed by atoms with Crippen LogP contribution in [-0.2, 0) is 10.0 Å². The summed E-state index contributed by atoms with van der Waals surface area (Å²) in [7, 11) is -3.51. The van der Waals surface area contributed by atoms with Gasteiger partial charge in [-0.15, -0.1) is 0 Å². The molecule has 0 radical (unpaired) electrons.